The van der Waals surface area contributed by atoms with Crippen LogP contribution in [0, 0.1) is 0 Å². The van der Waals surface area contributed by atoms with Crippen LogP contribution in [-0.4, -0.2) is 33.1 Å². The highest BCUT2D eigenvalue weighted by Gasteiger charge is 2.20. The molecule has 128 valence electrons. The summed E-state index contributed by atoms with van der Waals surface area (Å²) in [5, 5.41) is 0.179. The van der Waals surface area contributed by atoms with Gasteiger partial charge in [0.1, 0.15) is 0 Å². The molecule has 0 unspecified atom stereocenters. The molecule has 1 N–H and O–H groups in total. The fourth-order valence-electron chi connectivity index (χ4n) is 2.39. The van der Waals surface area contributed by atoms with Crippen molar-refractivity contribution in [1.82, 2.24) is 14.9 Å². The zero-order valence-electron chi connectivity index (χ0n) is 14.3. The number of carbonyl (C=O) groups excluding carboxylic acids is 1. The Labute approximate surface area is 146 Å². The summed E-state index contributed by atoms with van der Waals surface area (Å²) in [5.41, 5.74) is 1.68. The molecule has 2 rings (SSSR count). The number of rotatable bonds is 7. The predicted octanol–water partition coefficient (Wildman–Crippen LogP) is 2.86. The minimum atomic E-state index is -0.321. The first-order valence-electron chi connectivity index (χ1n) is 8.05. The molecule has 0 saturated heterocycles. The number of aromatic nitrogens is 2. The number of aryl methyl sites for hydroxylation is 1. The first kappa shape index (κ1) is 18.3. The van der Waals surface area contributed by atoms with Gasteiger partial charge in [-0.25, -0.2) is 4.98 Å². The monoisotopic (exact) mass is 345 g/mol. The first-order chi connectivity index (χ1) is 11.5. The van der Waals surface area contributed by atoms with Crippen LogP contribution < -0.4 is 5.56 Å². The molecule has 1 amide bonds. The highest BCUT2D eigenvalue weighted by molar-refractivity contribution is 8.00. The topological polar surface area (TPSA) is 66.1 Å². The summed E-state index contributed by atoms with van der Waals surface area (Å²) in [6, 6.07) is 11.4. The van der Waals surface area contributed by atoms with Crippen LogP contribution in [0.5, 0.6) is 0 Å². The maximum Gasteiger partial charge on any atom is 0.251 e. The SMILES string of the molecule is CCCc1cc(=O)[nH]c(S[C@H](C)C(=O)N(C)Cc2ccccc2)n1. The molecular formula is C18H23N3O2S. The van der Waals surface area contributed by atoms with E-state index in [4.69, 9.17) is 0 Å². The van der Waals surface area contributed by atoms with Crippen molar-refractivity contribution < 1.29 is 4.79 Å². The molecule has 1 aromatic carbocycles. The van der Waals surface area contributed by atoms with Gasteiger partial charge in [-0.15, -0.1) is 0 Å². The summed E-state index contributed by atoms with van der Waals surface area (Å²) in [4.78, 5) is 33.1. The van der Waals surface area contributed by atoms with Crippen LogP contribution in [0.25, 0.3) is 0 Å². The lowest BCUT2D eigenvalue weighted by atomic mass is 10.2. The quantitative estimate of drug-likeness (QED) is 0.619. The van der Waals surface area contributed by atoms with Gasteiger partial charge in [0.15, 0.2) is 5.16 Å². The summed E-state index contributed by atoms with van der Waals surface area (Å²) in [5.74, 6) is 0.00685. The van der Waals surface area contributed by atoms with E-state index >= 15 is 0 Å². The van der Waals surface area contributed by atoms with Gasteiger partial charge in [0.2, 0.25) is 5.91 Å². The number of hydrogen-bond acceptors (Lipinski definition) is 4. The van der Waals surface area contributed by atoms with E-state index in [0.717, 1.165) is 24.1 Å². The maximum atomic E-state index is 12.5. The van der Waals surface area contributed by atoms with E-state index in [1.54, 1.807) is 11.9 Å². The molecule has 0 fully saturated rings. The zero-order chi connectivity index (χ0) is 17.5. The Hall–Kier alpha value is -2.08. The average Bonchev–Trinajstić information content (AvgIpc) is 2.54. The molecule has 0 radical (unpaired) electrons. The van der Waals surface area contributed by atoms with Crippen LogP contribution in [0.15, 0.2) is 46.3 Å². The minimum absolute atomic E-state index is 0.00685. The van der Waals surface area contributed by atoms with E-state index in [2.05, 4.69) is 9.97 Å². The molecule has 24 heavy (non-hydrogen) atoms. The van der Waals surface area contributed by atoms with Gasteiger partial charge in [-0.05, 0) is 18.9 Å². The Morgan fingerprint density at radius 2 is 2.04 bits per heavy atom. The summed E-state index contributed by atoms with van der Waals surface area (Å²) in [7, 11) is 1.79. The third-order valence-corrected chi connectivity index (χ3v) is 4.53. The van der Waals surface area contributed by atoms with Crippen molar-refractivity contribution in [3.05, 3.63) is 58.0 Å². The van der Waals surface area contributed by atoms with Gasteiger partial charge >= 0.3 is 0 Å². The molecule has 0 spiro atoms. The Bertz CT molecular complexity index is 731. The number of nitrogens with one attached hydrogen (secondary N) is 1. The van der Waals surface area contributed by atoms with E-state index in [1.807, 2.05) is 44.2 Å². The van der Waals surface area contributed by atoms with Gasteiger partial charge in [-0.1, -0.05) is 55.4 Å². The summed E-state index contributed by atoms with van der Waals surface area (Å²) in [6.45, 7) is 4.44. The largest absolute Gasteiger partial charge is 0.340 e. The third kappa shape index (κ3) is 5.23. The van der Waals surface area contributed by atoms with Gasteiger partial charge in [0.25, 0.3) is 5.56 Å². The van der Waals surface area contributed by atoms with Gasteiger partial charge in [0, 0.05) is 25.4 Å². The second kappa shape index (κ2) is 8.68. The van der Waals surface area contributed by atoms with Gasteiger partial charge < -0.3 is 9.88 Å². The number of hydrogen-bond donors (Lipinski definition) is 1. The standard InChI is InChI=1S/C18H23N3O2S/c1-4-8-15-11-16(22)20-18(19-15)24-13(2)17(23)21(3)12-14-9-6-5-7-10-14/h5-7,9-11,13H,4,8,12H2,1-3H3,(H,19,20,22)/t13-/m1/s1. The summed E-state index contributed by atoms with van der Waals surface area (Å²) >= 11 is 1.29. The van der Waals surface area contributed by atoms with E-state index < -0.39 is 0 Å². The van der Waals surface area contributed by atoms with Crippen molar-refractivity contribution in [3.63, 3.8) is 0 Å². The molecule has 0 aliphatic heterocycles. The molecular weight excluding hydrogens is 322 g/mol. The number of benzene rings is 1. The van der Waals surface area contributed by atoms with Crippen molar-refractivity contribution in [2.45, 2.75) is 43.6 Å². The van der Waals surface area contributed by atoms with Crippen LogP contribution in [0.1, 0.15) is 31.5 Å². The van der Waals surface area contributed by atoms with Crippen molar-refractivity contribution in [2.75, 3.05) is 7.05 Å². The van der Waals surface area contributed by atoms with Crippen molar-refractivity contribution in [3.8, 4) is 0 Å². The molecule has 0 aliphatic rings. The number of nitrogens with zero attached hydrogens (tertiary/aromatic N) is 2. The smallest absolute Gasteiger partial charge is 0.251 e. The number of amides is 1. The Balaban J connectivity index is 2.02. The van der Waals surface area contributed by atoms with Crippen molar-refractivity contribution >= 4 is 17.7 Å². The van der Waals surface area contributed by atoms with E-state index in [-0.39, 0.29) is 16.7 Å². The van der Waals surface area contributed by atoms with Gasteiger partial charge in [-0.2, -0.15) is 0 Å². The number of H-pyrrole nitrogens is 1. The van der Waals surface area contributed by atoms with E-state index in [1.165, 1.54) is 17.8 Å². The molecule has 0 bridgehead atoms. The number of carbonyl (C=O) groups is 1. The molecule has 5 nitrogen and oxygen atoms in total. The Morgan fingerprint density at radius 3 is 2.71 bits per heavy atom. The zero-order valence-corrected chi connectivity index (χ0v) is 15.1. The first-order valence-corrected chi connectivity index (χ1v) is 8.93. The lowest BCUT2D eigenvalue weighted by molar-refractivity contribution is -0.129. The molecule has 6 heteroatoms. The average molecular weight is 345 g/mol. The van der Waals surface area contributed by atoms with Crippen LogP contribution in [0.3, 0.4) is 0 Å². The van der Waals surface area contributed by atoms with Crippen molar-refractivity contribution in [1.29, 1.82) is 0 Å². The predicted molar refractivity (Wildman–Crippen MR) is 97.1 cm³/mol. The molecule has 0 aliphatic carbocycles. The molecule has 1 atom stereocenters. The van der Waals surface area contributed by atoms with Crippen molar-refractivity contribution in [2.24, 2.45) is 0 Å². The lowest BCUT2D eigenvalue weighted by Gasteiger charge is -2.21. The van der Waals surface area contributed by atoms with Gasteiger partial charge in [0.05, 0.1) is 5.25 Å². The van der Waals surface area contributed by atoms with E-state index in [0.29, 0.717) is 11.7 Å². The normalized spacial score (nSPS) is 12.0. The molecule has 0 saturated carbocycles. The molecule has 2 aromatic rings. The fourth-order valence-corrected chi connectivity index (χ4v) is 3.33. The van der Waals surface area contributed by atoms with Crippen LogP contribution >= 0.6 is 11.8 Å². The minimum Gasteiger partial charge on any atom is -0.340 e. The third-order valence-electron chi connectivity index (χ3n) is 3.55. The highest BCUT2D eigenvalue weighted by Crippen LogP contribution is 2.20. The Kier molecular flexibility index (Phi) is 6.61. The second-order valence-electron chi connectivity index (χ2n) is 5.73. The lowest BCUT2D eigenvalue weighted by Crippen LogP contribution is -2.33. The molecule has 1 aromatic heterocycles. The van der Waals surface area contributed by atoms with Crippen LogP contribution in [0.4, 0.5) is 0 Å². The fraction of sp³-hybridized carbons (Fsp3) is 0.389. The van der Waals surface area contributed by atoms with E-state index in [9.17, 15) is 9.59 Å². The number of aromatic amines is 1. The van der Waals surface area contributed by atoms with Crippen LogP contribution in [-0.2, 0) is 17.8 Å². The van der Waals surface area contributed by atoms with Crippen LogP contribution in [0.2, 0.25) is 0 Å². The second-order valence-corrected chi connectivity index (χ2v) is 7.06. The van der Waals surface area contributed by atoms with Gasteiger partial charge in [-0.3, -0.25) is 9.59 Å². The Morgan fingerprint density at radius 1 is 1.33 bits per heavy atom. The summed E-state index contributed by atoms with van der Waals surface area (Å²) < 4.78 is 0. The molecule has 1 heterocycles. The highest BCUT2D eigenvalue weighted by atomic mass is 32.2. The summed E-state index contributed by atoms with van der Waals surface area (Å²) in [6.07, 6.45) is 1.68. The number of thioether (sulfide) groups is 1. The maximum absolute atomic E-state index is 12.5.